The number of carbonyl (C=O) groups excluding carboxylic acids is 1. The van der Waals surface area contributed by atoms with Crippen molar-refractivity contribution in [3.8, 4) is 0 Å². The molecule has 1 aliphatic carbocycles. The number of hydrogen-bond donors (Lipinski definition) is 1. The molecule has 0 saturated heterocycles. The fourth-order valence-corrected chi connectivity index (χ4v) is 2.97. The van der Waals surface area contributed by atoms with Gasteiger partial charge in [-0.15, -0.1) is 0 Å². The van der Waals surface area contributed by atoms with Gasteiger partial charge in [-0.25, -0.2) is 0 Å². The second-order valence-corrected chi connectivity index (χ2v) is 5.09. The molecule has 17 heavy (non-hydrogen) atoms. The molecule has 2 radical (unpaired) electrons. The Morgan fingerprint density at radius 2 is 2.00 bits per heavy atom. The van der Waals surface area contributed by atoms with Crippen molar-refractivity contribution in [2.24, 2.45) is 0 Å². The molecule has 0 aromatic heterocycles. The van der Waals surface area contributed by atoms with Gasteiger partial charge in [-0.2, -0.15) is 0 Å². The third-order valence-corrected chi connectivity index (χ3v) is 4.05. The van der Waals surface area contributed by atoms with E-state index in [4.69, 9.17) is 7.85 Å². The maximum absolute atomic E-state index is 12.2. The van der Waals surface area contributed by atoms with Crippen LogP contribution in [-0.2, 0) is 10.2 Å². The first-order valence-electron chi connectivity index (χ1n) is 6.00. The molecule has 1 N–H and O–H groups in total. The van der Waals surface area contributed by atoms with Crippen molar-refractivity contribution in [1.29, 1.82) is 0 Å². The Hall–Kier alpha value is -1.51. The van der Waals surface area contributed by atoms with E-state index < -0.39 is 0 Å². The van der Waals surface area contributed by atoms with Gasteiger partial charge in [0.25, 0.3) is 0 Å². The van der Waals surface area contributed by atoms with E-state index >= 15 is 0 Å². The summed E-state index contributed by atoms with van der Waals surface area (Å²) in [6.07, 6.45) is 3.62. The largest absolute Gasteiger partial charge is 0.325 e. The third-order valence-electron chi connectivity index (χ3n) is 4.05. The van der Waals surface area contributed by atoms with Crippen LogP contribution in [0.4, 0.5) is 5.69 Å². The molecule has 1 fully saturated rings. The van der Waals surface area contributed by atoms with Crippen LogP contribution in [-0.4, -0.2) is 13.8 Å². The molecule has 3 heteroatoms. The topological polar surface area (TPSA) is 29.1 Å². The van der Waals surface area contributed by atoms with Crippen LogP contribution in [0.2, 0.25) is 0 Å². The average molecular weight is 223 g/mol. The predicted octanol–water partition coefficient (Wildman–Crippen LogP) is 1.80. The zero-order chi connectivity index (χ0) is 12.0. The van der Waals surface area contributed by atoms with Crippen molar-refractivity contribution < 1.29 is 4.79 Å². The molecule has 1 spiro atoms. The number of hydrogen-bond acceptors (Lipinski definition) is 1. The number of carbonyl (C=O) groups is 1. The van der Waals surface area contributed by atoms with E-state index in [-0.39, 0.29) is 11.3 Å². The molecule has 1 amide bonds. The molecule has 1 saturated carbocycles. The van der Waals surface area contributed by atoms with Gasteiger partial charge in [0.1, 0.15) is 7.85 Å². The van der Waals surface area contributed by atoms with Crippen LogP contribution in [0, 0.1) is 0 Å². The first kappa shape index (κ1) is 10.6. The minimum Gasteiger partial charge on any atom is -0.325 e. The van der Waals surface area contributed by atoms with E-state index in [2.05, 4.69) is 11.9 Å². The average Bonchev–Trinajstić information content (AvgIpc) is 2.55. The van der Waals surface area contributed by atoms with Crippen LogP contribution < -0.4 is 10.8 Å². The van der Waals surface area contributed by atoms with Crippen LogP contribution in [0.5, 0.6) is 0 Å². The van der Waals surface area contributed by atoms with E-state index in [9.17, 15) is 4.79 Å². The van der Waals surface area contributed by atoms with E-state index in [0.717, 1.165) is 36.9 Å². The Morgan fingerprint density at radius 1 is 1.29 bits per heavy atom. The first-order valence-corrected chi connectivity index (χ1v) is 6.00. The molecular formula is C14H14BNO. The van der Waals surface area contributed by atoms with Crippen LogP contribution in [0.15, 0.2) is 30.4 Å². The van der Waals surface area contributed by atoms with Crippen molar-refractivity contribution >= 4 is 24.9 Å². The molecule has 1 aromatic carbocycles. The van der Waals surface area contributed by atoms with Gasteiger partial charge in [0, 0.05) is 5.69 Å². The molecule has 2 nitrogen and oxygen atoms in total. The maximum atomic E-state index is 12.2. The highest BCUT2D eigenvalue weighted by atomic mass is 16.2. The van der Waals surface area contributed by atoms with Gasteiger partial charge in [-0.1, -0.05) is 29.7 Å². The fraction of sp³-hybridized carbons (Fsp3) is 0.357. The minimum atomic E-state index is -0.329. The second-order valence-electron chi connectivity index (χ2n) is 5.09. The Balaban J connectivity index is 2.07. The van der Waals surface area contributed by atoms with Crippen LogP contribution in [0.25, 0.3) is 0 Å². The van der Waals surface area contributed by atoms with Gasteiger partial charge in [0.15, 0.2) is 0 Å². The van der Waals surface area contributed by atoms with Crippen molar-refractivity contribution in [3.63, 3.8) is 0 Å². The van der Waals surface area contributed by atoms with Gasteiger partial charge in [-0.3, -0.25) is 4.79 Å². The van der Waals surface area contributed by atoms with E-state index in [1.807, 2.05) is 18.2 Å². The molecule has 1 aliphatic heterocycles. The number of amides is 1. The van der Waals surface area contributed by atoms with Crippen LogP contribution in [0.1, 0.15) is 31.2 Å². The summed E-state index contributed by atoms with van der Waals surface area (Å²) in [5.74, 6) is 0.130. The number of nitrogens with one attached hydrogen (secondary N) is 1. The molecule has 1 heterocycles. The number of rotatable bonds is 0. The summed E-state index contributed by atoms with van der Waals surface area (Å²) >= 11 is 0. The molecule has 0 atom stereocenters. The van der Waals surface area contributed by atoms with E-state index in [1.54, 1.807) is 0 Å². The quantitative estimate of drug-likeness (QED) is 0.527. The Morgan fingerprint density at radius 3 is 2.71 bits per heavy atom. The van der Waals surface area contributed by atoms with Crippen molar-refractivity contribution in [2.45, 2.75) is 31.1 Å². The summed E-state index contributed by atoms with van der Waals surface area (Å²) in [5.41, 5.74) is 3.63. The fourth-order valence-electron chi connectivity index (χ4n) is 2.97. The molecule has 0 bridgehead atoms. The minimum absolute atomic E-state index is 0.130. The molecule has 84 valence electrons. The van der Waals surface area contributed by atoms with Crippen LogP contribution >= 0.6 is 0 Å². The zero-order valence-electron chi connectivity index (χ0n) is 9.75. The summed E-state index contributed by atoms with van der Waals surface area (Å²) in [4.78, 5) is 12.2. The zero-order valence-corrected chi connectivity index (χ0v) is 9.75. The Kier molecular flexibility index (Phi) is 2.18. The lowest BCUT2D eigenvalue weighted by Crippen LogP contribution is -2.36. The summed E-state index contributed by atoms with van der Waals surface area (Å²) < 4.78 is 0. The van der Waals surface area contributed by atoms with Gasteiger partial charge < -0.3 is 5.32 Å². The van der Waals surface area contributed by atoms with Crippen molar-refractivity contribution in [2.75, 3.05) is 5.32 Å². The highest BCUT2D eigenvalue weighted by Gasteiger charge is 2.47. The van der Waals surface area contributed by atoms with Crippen molar-refractivity contribution in [1.82, 2.24) is 0 Å². The highest BCUT2D eigenvalue weighted by Crippen LogP contribution is 2.47. The van der Waals surface area contributed by atoms with Crippen LogP contribution in [0.3, 0.4) is 0 Å². The predicted molar refractivity (Wildman–Crippen MR) is 69.7 cm³/mol. The highest BCUT2D eigenvalue weighted by molar-refractivity contribution is 6.33. The Bertz CT molecular complexity index is 511. The summed E-state index contributed by atoms with van der Waals surface area (Å²) in [6, 6.07) is 5.73. The molecule has 0 unspecified atom stereocenters. The molecule has 2 aliphatic rings. The third kappa shape index (κ3) is 1.45. The van der Waals surface area contributed by atoms with Gasteiger partial charge in [-0.05, 0) is 37.3 Å². The summed E-state index contributed by atoms with van der Waals surface area (Å²) in [7, 11) is 5.75. The number of fused-ring (bicyclic) bond motifs is 2. The van der Waals surface area contributed by atoms with E-state index in [1.165, 1.54) is 5.57 Å². The first-order chi connectivity index (χ1) is 8.12. The molecule has 1 aromatic rings. The normalized spacial score (nSPS) is 21.4. The number of allylic oxidation sites excluding steroid dienone is 1. The van der Waals surface area contributed by atoms with E-state index in [0.29, 0.717) is 5.46 Å². The lowest BCUT2D eigenvalue weighted by molar-refractivity contribution is -0.121. The van der Waals surface area contributed by atoms with Gasteiger partial charge >= 0.3 is 0 Å². The van der Waals surface area contributed by atoms with Gasteiger partial charge in [0.2, 0.25) is 5.91 Å². The second kappa shape index (κ2) is 3.49. The summed E-state index contributed by atoms with van der Waals surface area (Å²) in [6.45, 7) is 4.01. The standard InChI is InChI=1S/C14H14BNO/c1-9-4-6-14(7-5-9)11-3-2-10(15)8-12(11)16-13(14)17/h2-3,8H,1,4-7H2,(H,16,17). The van der Waals surface area contributed by atoms with Gasteiger partial charge in [0.05, 0.1) is 5.41 Å². The lowest BCUT2D eigenvalue weighted by Gasteiger charge is -2.32. The van der Waals surface area contributed by atoms with Crippen molar-refractivity contribution in [3.05, 3.63) is 35.9 Å². The lowest BCUT2D eigenvalue weighted by atomic mass is 9.69. The smallest absolute Gasteiger partial charge is 0.235 e. The number of anilines is 1. The number of benzene rings is 1. The summed E-state index contributed by atoms with van der Waals surface area (Å²) in [5, 5.41) is 2.96. The monoisotopic (exact) mass is 223 g/mol. The molecule has 3 rings (SSSR count). The Labute approximate surface area is 103 Å². The SMILES string of the molecule is [B]c1ccc2c(c1)NC(=O)C21CCC(=C)CC1. The maximum Gasteiger partial charge on any atom is 0.235 e. The molecular weight excluding hydrogens is 209 g/mol.